The van der Waals surface area contributed by atoms with Crippen LogP contribution < -0.4 is 0 Å². The molecule has 1 atom stereocenters. The van der Waals surface area contributed by atoms with Crippen molar-refractivity contribution in [2.24, 2.45) is 0 Å². The highest BCUT2D eigenvalue weighted by Crippen LogP contribution is 2.37. The smallest absolute Gasteiger partial charge is 0.434 e. The number of hydroxylamine groups is 2. The van der Waals surface area contributed by atoms with Crippen LogP contribution in [0.25, 0.3) is 0 Å². The fraction of sp³-hybridized carbons (Fsp3) is 0.500. The summed E-state index contributed by atoms with van der Waals surface area (Å²) >= 11 is 0. The molecule has 0 saturated heterocycles. The highest BCUT2D eigenvalue weighted by atomic mass is 28.4. The number of carbonyl (C=O) groups excluding carboxylic acids is 1. The van der Waals surface area contributed by atoms with Gasteiger partial charge in [0.05, 0.1) is 6.54 Å². The lowest BCUT2D eigenvalue weighted by atomic mass is 10.2. The maximum absolute atomic E-state index is 12.2. The standard InChI is InChI=1S/C18H27NO4Si/c1-18(2,3)24(4,5)23-16-12-9-13-19(22-16)17(20)21-14-15-10-7-6-8-11-15/h6-12,16H,13-14H2,1-5H3. The molecule has 1 aliphatic rings. The minimum Gasteiger partial charge on any atom is -0.443 e. The van der Waals surface area contributed by atoms with Gasteiger partial charge in [-0.2, -0.15) is 5.06 Å². The molecule has 1 unspecified atom stereocenters. The number of hydrogen-bond donors (Lipinski definition) is 0. The Balaban J connectivity index is 1.89. The number of hydrogen-bond acceptors (Lipinski definition) is 4. The van der Waals surface area contributed by atoms with Crippen LogP contribution >= 0.6 is 0 Å². The second kappa shape index (κ2) is 7.50. The summed E-state index contributed by atoms with van der Waals surface area (Å²) in [6.45, 7) is 11.4. The van der Waals surface area contributed by atoms with Gasteiger partial charge in [-0.15, -0.1) is 0 Å². The van der Waals surface area contributed by atoms with Crippen molar-refractivity contribution in [3.8, 4) is 0 Å². The molecule has 5 nitrogen and oxygen atoms in total. The number of rotatable bonds is 4. The van der Waals surface area contributed by atoms with Crippen molar-refractivity contribution in [3.63, 3.8) is 0 Å². The van der Waals surface area contributed by atoms with Gasteiger partial charge in [0.2, 0.25) is 0 Å². The van der Waals surface area contributed by atoms with Crippen molar-refractivity contribution in [2.75, 3.05) is 6.54 Å². The number of nitrogens with zero attached hydrogens (tertiary/aromatic N) is 1. The molecule has 0 spiro atoms. The molecule has 0 aromatic heterocycles. The zero-order valence-electron chi connectivity index (χ0n) is 15.1. The van der Waals surface area contributed by atoms with Gasteiger partial charge in [0, 0.05) is 0 Å². The molecule has 0 bridgehead atoms. The Morgan fingerprint density at radius 1 is 1.29 bits per heavy atom. The van der Waals surface area contributed by atoms with E-state index >= 15 is 0 Å². The average molecular weight is 350 g/mol. The highest BCUT2D eigenvalue weighted by Gasteiger charge is 2.40. The molecular weight excluding hydrogens is 322 g/mol. The predicted molar refractivity (Wildman–Crippen MR) is 95.6 cm³/mol. The van der Waals surface area contributed by atoms with Gasteiger partial charge in [-0.3, -0.25) is 0 Å². The molecule has 0 saturated carbocycles. The second-order valence-corrected chi connectivity index (χ2v) is 12.1. The normalized spacial score (nSPS) is 18.5. The van der Waals surface area contributed by atoms with E-state index in [9.17, 15) is 4.79 Å². The molecule has 2 rings (SSSR count). The maximum atomic E-state index is 12.2. The zero-order valence-corrected chi connectivity index (χ0v) is 16.1. The summed E-state index contributed by atoms with van der Waals surface area (Å²) in [5.41, 5.74) is 0.937. The first kappa shape index (κ1) is 18.7. The Hall–Kier alpha value is -1.63. The predicted octanol–water partition coefficient (Wildman–Crippen LogP) is 4.47. The Bertz CT molecular complexity index is 580. The Morgan fingerprint density at radius 3 is 2.58 bits per heavy atom. The fourth-order valence-electron chi connectivity index (χ4n) is 1.91. The number of ether oxygens (including phenoxy) is 1. The number of benzene rings is 1. The lowest BCUT2D eigenvalue weighted by Gasteiger charge is -2.39. The molecule has 1 aromatic rings. The molecule has 0 N–H and O–H groups in total. The fourth-order valence-corrected chi connectivity index (χ4v) is 2.96. The van der Waals surface area contributed by atoms with Crippen LogP contribution in [0.1, 0.15) is 26.3 Å². The summed E-state index contributed by atoms with van der Waals surface area (Å²) in [6.07, 6.45) is 2.66. The largest absolute Gasteiger partial charge is 0.443 e. The Morgan fingerprint density at radius 2 is 1.96 bits per heavy atom. The van der Waals surface area contributed by atoms with Crippen molar-refractivity contribution in [1.82, 2.24) is 5.06 Å². The molecule has 1 amide bonds. The number of carbonyl (C=O) groups is 1. The summed E-state index contributed by atoms with van der Waals surface area (Å²) in [5.74, 6) is 0. The van der Waals surface area contributed by atoms with Crippen LogP contribution in [-0.4, -0.2) is 32.3 Å². The highest BCUT2D eigenvalue weighted by molar-refractivity contribution is 6.74. The molecule has 1 heterocycles. The van der Waals surface area contributed by atoms with Crippen LogP contribution in [0.5, 0.6) is 0 Å². The third-order valence-corrected chi connectivity index (χ3v) is 8.86. The van der Waals surface area contributed by atoms with E-state index < -0.39 is 20.7 Å². The van der Waals surface area contributed by atoms with Crippen molar-refractivity contribution >= 4 is 14.4 Å². The lowest BCUT2D eigenvalue weighted by molar-refractivity contribution is -0.220. The minimum absolute atomic E-state index is 0.0697. The molecular formula is C18H27NO4Si. The van der Waals surface area contributed by atoms with Crippen LogP contribution in [0, 0.1) is 0 Å². The Labute approximate surface area is 145 Å². The van der Waals surface area contributed by atoms with E-state index in [-0.39, 0.29) is 11.6 Å². The number of amides is 1. The van der Waals surface area contributed by atoms with Crippen molar-refractivity contribution < 1.29 is 18.8 Å². The van der Waals surface area contributed by atoms with E-state index in [0.29, 0.717) is 6.54 Å². The van der Waals surface area contributed by atoms with Gasteiger partial charge in [-0.1, -0.05) is 57.2 Å². The van der Waals surface area contributed by atoms with Crippen LogP contribution in [0.2, 0.25) is 18.1 Å². The molecule has 132 valence electrons. The Kier molecular flexibility index (Phi) is 5.85. The van der Waals surface area contributed by atoms with Crippen LogP contribution in [0.15, 0.2) is 42.5 Å². The van der Waals surface area contributed by atoms with Crippen molar-refractivity contribution in [1.29, 1.82) is 0 Å². The monoisotopic (exact) mass is 349 g/mol. The molecule has 1 aromatic carbocycles. The molecule has 1 aliphatic heterocycles. The first-order valence-corrected chi connectivity index (χ1v) is 11.1. The van der Waals surface area contributed by atoms with Gasteiger partial charge < -0.3 is 9.16 Å². The third-order valence-electron chi connectivity index (χ3n) is 4.42. The SMILES string of the molecule is CC(C)(C)[Si](C)(C)OC1C=CCN(C(=O)OCc2ccccc2)O1. The maximum Gasteiger partial charge on any atom is 0.434 e. The molecule has 0 radical (unpaired) electrons. The van der Waals surface area contributed by atoms with E-state index in [1.54, 1.807) is 0 Å². The van der Waals surface area contributed by atoms with Crippen molar-refractivity contribution in [3.05, 3.63) is 48.0 Å². The molecule has 0 fully saturated rings. The van der Waals surface area contributed by atoms with E-state index in [1.807, 2.05) is 42.5 Å². The van der Waals surface area contributed by atoms with Gasteiger partial charge in [-0.05, 0) is 29.8 Å². The molecule has 24 heavy (non-hydrogen) atoms. The quantitative estimate of drug-likeness (QED) is 0.594. The summed E-state index contributed by atoms with van der Waals surface area (Å²) in [6, 6.07) is 9.56. The first-order chi connectivity index (χ1) is 11.2. The topological polar surface area (TPSA) is 48.0 Å². The van der Waals surface area contributed by atoms with E-state index in [2.05, 4.69) is 33.9 Å². The molecule has 0 aliphatic carbocycles. The van der Waals surface area contributed by atoms with E-state index in [4.69, 9.17) is 14.0 Å². The van der Waals surface area contributed by atoms with E-state index in [0.717, 1.165) is 5.56 Å². The second-order valence-electron chi connectivity index (χ2n) is 7.38. The summed E-state index contributed by atoms with van der Waals surface area (Å²) in [7, 11) is -1.98. The van der Waals surface area contributed by atoms with Crippen LogP contribution in [0.3, 0.4) is 0 Å². The van der Waals surface area contributed by atoms with Gasteiger partial charge in [-0.25, -0.2) is 9.63 Å². The van der Waals surface area contributed by atoms with Gasteiger partial charge in [0.25, 0.3) is 0 Å². The lowest BCUT2D eigenvalue weighted by Crippen LogP contribution is -2.47. The minimum atomic E-state index is -1.98. The summed E-state index contributed by atoms with van der Waals surface area (Å²) in [5, 5.41) is 1.28. The third kappa shape index (κ3) is 4.93. The van der Waals surface area contributed by atoms with Crippen LogP contribution in [0.4, 0.5) is 4.79 Å². The van der Waals surface area contributed by atoms with Crippen molar-refractivity contribution in [2.45, 2.75) is 51.8 Å². The van der Waals surface area contributed by atoms with Crippen LogP contribution in [-0.2, 0) is 20.6 Å². The summed E-state index contributed by atoms with van der Waals surface area (Å²) in [4.78, 5) is 17.8. The van der Waals surface area contributed by atoms with Gasteiger partial charge in [0.1, 0.15) is 6.61 Å². The van der Waals surface area contributed by atoms with Gasteiger partial charge >= 0.3 is 6.09 Å². The molecule has 6 heteroatoms. The first-order valence-electron chi connectivity index (χ1n) is 8.18. The average Bonchev–Trinajstić information content (AvgIpc) is 2.52. The zero-order chi connectivity index (χ0) is 17.8. The summed E-state index contributed by atoms with van der Waals surface area (Å²) < 4.78 is 11.5. The van der Waals surface area contributed by atoms with E-state index in [1.165, 1.54) is 5.06 Å². The van der Waals surface area contributed by atoms with Gasteiger partial charge in [0.15, 0.2) is 14.6 Å².